The third-order valence-corrected chi connectivity index (χ3v) is 5.25. The van der Waals surface area contributed by atoms with Gasteiger partial charge in [0.1, 0.15) is 5.56 Å². The summed E-state index contributed by atoms with van der Waals surface area (Å²) in [5.41, 5.74) is 0.389. The molecular weight excluding hydrogens is 322 g/mol. The van der Waals surface area contributed by atoms with Crippen molar-refractivity contribution < 1.29 is 19.1 Å². The van der Waals surface area contributed by atoms with Crippen LogP contribution in [0.15, 0.2) is 30.5 Å². The summed E-state index contributed by atoms with van der Waals surface area (Å²) in [6.07, 6.45) is 6.77. The molecule has 2 unspecified atom stereocenters. The van der Waals surface area contributed by atoms with Gasteiger partial charge < -0.3 is 9.64 Å². The zero-order valence-corrected chi connectivity index (χ0v) is 13.9. The molecule has 7 nitrogen and oxygen atoms in total. The molecule has 3 aliphatic rings. The number of amides is 3. The SMILES string of the molecule is COc1ncccc1C(=O)N1CC(N2C(=O)C3CC=CCC3C2=O)C1. The molecule has 2 saturated heterocycles. The van der Waals surface area contributed by atoms with Crippen LogP contribution in [0, 0.1) is 11.8 Å². The van der Waals surface area contributed by atoms with Crippen LogP contribution in [0.4, 0.5) is 0 Å². The van der Waals surface area contributed by atoms with Crippen molar-refractivity contribution in [3.63, 3.8) is 0 Å². The van der Waals surface area contributed by atoms with E-state index in [0.717, 1.165) is 0 Å². The predicted molar refractivity (Wildman–Crippen MR) is 87.7 cm³/mol. The van der Waals surface area contributed by atoms with Crippen molar-refractivity contribution in [3.8, 4) is 5.88 Å². The van der Waals surface area contributed by atoms with E-state index in [1.807, 2.05) is 12.2 Å². The molecule has 1 aromatic rings. The molecule has 25 heavy (non-hydrogen) atoms. The van der Waals surface area contributed by atoms with E-state index in [1.54, 1.807) is 23.2 Å². The first kappa shape index (κ1) is 15.8. The third kappa shape index (κ3) is 2.42. The second kappa shape index (κ2) is 5.98. The van der Waals surface area contributed by atoms with Gasteiger partial charge in [-0.15, -0.1) is 0 Å². The highest BCUT2D eigenvalue weighted by molar-refractivity contribution is 6.06. The van der Waals surface area contributed by atoms with Crippen molar-refractivity contribution >= 4 is 17.7 Å². The number of allylic oxidation sites excluding steroid dienone is 2. The van der Waals surface area contributed by atoms with Gasteiger partial charge in [-0.3, -0.25) is 19.3 Å². The highest BCUT2D eigenvalue weighted by Crippen LogP contribution is 2.37. The van der Waals surface area contributed by atoms with Crippen LogP contribution in [0.3, 0.4) is 0 Å². The van der Waals surface area contributed by atoms with Crippen LogP contribution in [0.25, 0.3) is 0 Å². The van der Waals surface area contributed by atoms with E-state index in [1.165, 1.54) is 12.0 Å². The molecule has 2 fully saturated rings. The van der Waals surface area contributed by atoms with Gasteiger partial charge in [0.05, 0.1) is 25.0 Å². The molecular formula is C18H19N3O4. The summed E-state index contributed by atoms with van der Waals surface area (Å²) in [5.74, 6) is -0.534. The van der Waals surface area contributed by atoms with Gasteiger partial charge in [0.15, 0.2) is 0 Å². The minimum absolute atomic E-state index is 0.0876. The molecule has 3 heterocycles. The van der Waals surface area contributed by atoms with Crippen LogP contribution in [-0.2, 0) is 9.59 Å². The fourth-order valence-corrected chi connectivity index (χ4v) is 3.86. The summed E-state index contributed by atoms with van der Waals surface area (Å²) in [6, 6.07) is 3.11. The Labute approximate surface area is 145 Å². The summed E-state index contributed by atoms with van der Waals surface area (Å²) >= 11 is 0. The van der Waals surface area contributed by atoms with E-state index in [0.29, 0.717) is 31.5 Å². The van der Waals surface area contributed by atoms with Crippen molar-refractivity contribution in [2.45, 2.75) is 18.9 Å². The van der Waals surface area contributed by atoms with Gasteiger partial charge in [-0.1, -0.05) is 12.2 Å². The second-order valence-electron chi connectivity index (χ2n) is 6.63. The summed E-state index contributed by atoms with van der Waals surface area (Å²) in [5, 5.41) is 0. The summed E-state index contributed by atoms with van der Waals surface area (Å²) in [6.45, 7) is 0.725. The number of aromatic nitrogens is 1. The molecule has 4 rings (SSSR count). The molecule has 2 aliphatic heterocycles. The van der Waals surface area contributed by atoms with Gasteiger partial charge >= 0.3 is 0 Å². The first-order chi connectivity index (χ1) is 12.1. The molecule has 0 N–H and O–H groups in total. The molecule has 0 bridgehead atoms. The van der Waals surface area contributed by atoms with E-state index in [-0.39, 0.29) is 41.5 Å². The fraction of sp³-hybridized carbons (Fsp3) is 0.444. The van der Waals surface area contributed by atoms with E-state index >= 15 is 0 Å². The molecule has 3 amide bonds. The van der Waals surface area contributed by atoms with Crippen molar-refractivity contribution in [1.29, 1.82) is 0 Å². The number of rotatable bonds is 3. The highest BCUT2D eigenvalue weighted by atomic mass is 16.5. The number of likely N-dealkylation sites (tertiary alicyclic amines) is 2. The minimum atomic E-state index is -0.225. The molecule has 2 atom stereocenters. The predicted octanol–water partition coefficient (Wildman–Crippen LogP) is 0.866. The summed E-state index contributed by atoms with van der Waals surface area (Å²) in [7, 11) is 1.47. The van der Waals surface area contributed by atoms with Crippen LogP contribution >= 0.6 is 0 Å². The first-order valence-corrected chi connectivity index (χ1v) is 8.42. The minimum Gasteiger partial charge on any atom is -0.480 e. The van der Waals surface area contributed by atoms with E-state index in [2.05, 4.69) is 4.98 Å². The zero-order valence-electron chi connectivity index (χ0n) is 13.9. The van der Waals surface area contributed by atoms with Crippen molar-refractivity contribution in [2.24, 2.45) is 11.8 Å². The number of hydrogen-bond donors (Lipinski definition) is 0. The maximum atomic E-state index is 12.6. The number of imide groups is 1. The number of pyridine rings is 1. The van der Waals surface area contributed by atoms with Crippen molar-refractivity contribution in [2.75, 3.05) is 20.2 Å². The second-order valence-corrected chi connectivity index (χ2v) is 6.63. The Hall–Kier alpha value is -2.70. The number of nitrogens with zero attached hydrogens (tertiary/aromatic N) is 3. The number of methoxy groups -OCH3 is 1. The number of fused-ring (bicyclic) bond motifs is 1. The van der Waals surface area contributed by atoms with Gasteiger partial charge in [0, 0.05) is 19.3 Å². The van der Waals surface area contributed by atoms with E-state index < -0.39 is 0 Å². The quantitative estimate of drug-likeness (QED) is 0.602. The first-order valence-electron chi connectivity index (χ1n) is 8.42. The van der Waals surface area contributed by atoms with Crippen LogP contribution in [0.2, 0.25) is 0 Å². The van der Waals surface area contributed by atoms with Crippen LogP contribution in [0.5, 0.6) is 5.88 Å². The van der Waals surface area contributed by atoms with Gasteiger partial charge in [-0.2, -0.15) is 0 Å². The average Bonchev–Trinajstić information content (AvgIpc) is 2.86. The lowest BCUT2D eigenvalue weighted by molar-refractivity contribution is -0.145. The molecule has 130 valence electrons. The number of carbonyl (C=O) groups is 3. The number of carbonyl (C=O) groups excluding carboxylic acids is 3. The molecule has 7 heteroatoms. The molecule has 0 aromatic carbocycles. The highest BCUT2D eigenvalue weighted by Gasteiger charge is 2.52. The van der Waals surface area contributed by atoms with Crippen molar-refractivity contribution in [3.05, 3.63) is 36.0 Å². The van der Waals surface area contributed by atoms with Gasteiger partial charge in [0.25, 0.3) is 5.91 Å². The van der Waals surface area contributed by atoms with E-state index in [4.69, 9.17) is 4.74 Å². The Balaban J connectivity index is 1.45. The third-order valence-electron chi connectivity index (χ3n) is 5.25. The topological polar surface area (TPSA) is 79.8 Å². The Kier molecular flexibility index (Phi) is 3.78. The Morgan fingerprint density at radius 2 is 1.80 bits per heavy atom. The van der Waals surface area contributed by atoms with E-state index in [9.17, 15) is 14.4 Å². The molecule has 1 aromatic heterocycles. The van der Waals surface area contributed by atoms with Crippen molar-refractivity contribution in [1.82, 2.24) is 14.8 Å². The molecule has 0 radical (unpaired) electrons. The normalized spacial score (nSPS) is 25.8. The smallest absolute Gasteiger partial charge is 0.259 e. The van der Waals surface area contributed by atoms with Crippen LogP contribution in [0.1, 0.15) is 23.2 Å². The van der Waals surface area contributed by atoms with Gasteiger partial charge in [-0.25, -0.2) is 4.98 Å². The maximum absolute atomic E-state index is 12.6. The lowest BCUT2D eigenvalue weighted by atomic mass is 9.85. The van der Waals surface area contributed by atoms with Gasteiger partial charge in [0.2, 0.25) is 17.7 Å². The summed E-state index contributed by atoms with van der Waals surface area (Å²) < 4.78 is 5.13. The Bertz CT molecular complexity index is 743. The van der Waals surface area contributed by atoms with Crippen LogP contribution < -0.4 is 4.74 Å². The molecule has 1 aliphatic carbocycles. The Morgan fingerprint density at radius 1 is 1.16 bits per heavy atom. The largest absolute Gasteiger partial charge is 0.480 e. The lowest BCUT2D eigenvalue weighted by Crippen LogP contribution is -2.62. The summed E-state index contributed by atoms with van der Waals surface area (Å²) in [4.78, 5) is 44.8. The number of ether oxygens (including phenoxy) is 1. The zero-order chi connectivity index (χ0) is 17.6. The number of hydrogen-bond acceptors (Lipinski definition) is 5. The Morgan fingerprint density at radius 3 is 2.40 bits per heavy atom. The maximum Gasteiger partial charge on any atom is 0.259 e. The monoisotopic (exact) mass is 341 g/mol. The van der Waals surface area contributed by atoms with Crippen LogP contribution in [-0.4, -0.2) is 58.7 Å². The molecule has 0 saturated carbocycles. The molecule has 0 spiro atoms. The average molecular weight is 341 g/mol. The standard InChI is InChI=1S/C18H19N3O4/c1-25-15-14(7-4-8-19-15)16(22)20-9-11(10-20)21-17(23)12-5-2-3-6-13(12)18(21)24/h2-4,7-8,11-13H,5-6,9-10H2,1H3. The van der Waals surface area contributed by atoms with Gasteiger partial charge in [-0.05, 0) is 25.0 Å². The lowest BCUT2D eigenvalue weighted by Gasteiger charge is -2.43. The fourth-order valence-electron chi connectivity index (χ4n) is 3.86.